The molecule has 0 aliphatic carbocycles. The van der Waals surface area contributed by atoms with E-state index >= 15 is 0 Å². The third-order valence-corrected chi connectivity index (χ3v) is 2.27. The Morgan fingerprint density at radius 3 is 2.64 bits per heavy atom. The topological polar surface area (TPSA) is 61.8 Å². The van der Waals surface area contributed by atoms with Gasteiger partial charge >= 0.3 is 0 Å². The second-order valence-corrected chi connectivity index (χ2v) is 3.63. The molecule has 14 heavy (non-hydrogen) atoms. The average Bonchev–Trinajstić information content (AvgIpc) is 2.22. The van der Waals surface area contributed by atoms with Crippen molar-refractivity contribution in [3.63, 3.8) is 0 Å². The number of nitrogens with zero attached hydrogens (tertiary/aromatic N) is 1. The van der Waals surface area contributed by atoms with Crippen molar-refractivity contribution in [1.82, 2.24) is 5.32 Å². The van der Waals surface area contributed by atoms with Gasteiger partial charge in [-0.05, 0) is 32.4 Å². The third-order valence-electron chi connectivity index (χ3n) is 2.27. The summed E-state index contributed by atoms with van der Waals surface area (Å²) in [6.45, 7) is 3.84. The van der Waals surface area contributed by atoms with Gasteiger partial charge in [-0.1, -0.05) is 26.2 Å². The molecule has 1 unspecified atom stereocenters. The first-order valence-electron chi connectivity index (χ1n) is 5.68. The molecule has 0 saturated carbocycles. The molecule has 82 valence electrons. The zero-order valence-electron chi connectivity index (χ0n) is 9.26. The lowest BCUT2D eigenvalue weighted by Gasteiger charge is -2.10. The van der Waals surface area contributed by atoms with Gasteiger partial charge in [-0.3, -0.25) is 0 Å². The number of unbranched alkanes of at least 4 members (excludes halogenated alkanes) is 3. The summed E-state index contributed by atoms with van der Waals surface area (Å²) in [6, 6.07) is 2.34. The van der Waals surface area contributed by atoms with Crippen molar-refractivity contribution in [2.45, 2.75) is 51.5 Å². The number of nitrogens with one attached hydrogen (secondary N) is 1. The van der Waals surface area contributed by atoms with E-state index in [2.05, 4.69) is 18.3 Å². The molecule has 0 aliphatic heterocycles. The summed E-state index contributed by atoms with van der Waals surface area (Å²) in [7, 11) is 0. The second kappa shape index (κ2) is 10.5. The number of hydrogen-bond acceptors (Lipinski definition) is 3. The van der Waals surface area contributed by atoms with E-state index in [0.717, 1.165) is 38.8 Å². The minimum absolute atomic E-state index is 0.0410. The van der Waals surface area contributed by atoms with E-state index in [1.54, 1.807) is 0 Å². The Morgan fingerprint density at radius 2 is 2.07 bits per heavy atom. The van der Waals surface area contributed by atoms with Gasteiger partial charge in [0.1, 0.15) is 0 Å². The summed E-state index contributed by atoms with van der Waals surface area (Å²) in [5, 5.41) is 12.1. The average molecular weight is 197 g/mol. The van der Waals surface area contributed by atoms with Crippen LogP contribution in [0.2, 0.25) is 0 Å². The first-order chi connectivity index (χ1) is 6.85. The maximum atomic E-state index is 8.84. The van der Waals surface area contributed by atoms with Gasteiger partial charge in [0.05, 0.1) is 12.1 Å². The highest BCUT2D eigenvalue weighted by atomic mass is 14.9. The number of hydrogen-bond donors (Lipinski definition) is 2. The summed E-state index contributed by atoms with van der Waals surface area (Å²) in [4.78, 5) is 0. The Labute approximate surface area is 87.7 Å². The molecule has 0 aromatic heterocycles. The van der Waals surface area contributed by atoms with E-state index < -0.39 is 0 Å². The van der Waals surface area contributed by atoms with E-state index in [4.69, 9.17) is 11.0 Å². The van der Waals surface area contributed by atoms with Gasteiger partial charge in [0.25, 0.3) is 0 Å². The zero-order valence-corrected chi connectivity index (χ0v) is 9.26. The van der Waals surface area contributed by atoms with E-state index in [1.165, 1.54) is 12.8 Å². The monoisotopic (exact) mass is 197 g/mol. The first kappa shape index (κ1) is 13.4. The van der Waals surface area contributed by atoms with Crippen molar-refractivity contribution in [1.29, 1.82) is 5.26 Å². The highest BCUT2D eigenvalue weighted by molar-refractivity contribution is 4.89. The quantitative estimate of drug-likeness (QED) is 0.554. The molecule has 0 rings (SSSR count). The van der Waals surface area contributed by atoms with Gasteiger partial charge in [0.2, 0.25) is 0 Å². The maximum absolute atomic E-state index is 8.84. The third kappa shape index (κ3) is 8.03. The Hall–Kier alpha value is -0.590. The minimum Gasteiger partial charge on any atom is -0.330 e. The summed E-state index contributed by atoms with van der Waals surface area (Å²) < 4.78 is 0. The van der Waals surface area contributed by atoms with Crippen LogP contribution in [-0.2, 0) is 0 Å². The lowest BCUT2D eigenvalue weighted by Crippen LogP contribution is -2.28. The number of nitriles is 1. The van der Waals surface area contributed by atoms with E-state index in [1.807, 2.05) is 0 Å². The van der Waals surface area contributed by atoms with Crippen LogP contribution in [0.5, 0.6) is 0 Å². The minimum atomic E-state index is 0.0410. The van der Waals surface area contributed by atoms with Gasteiger partial charge in [0.15, 0.2) is 0 Å². The standard InChI is InChI=1S/C11H23N3/c1-2-3-4-7-11(10-13)14-9-6-5-8-12/h11,14H,2-9,12H2,1H3. The fourth-order valence-corrected chi connectivity index (χ4v) is 1.36. The van der Waals surface area contributed by atoms with Crippen molar-refractivity contribution >= 4 is 0 Å². The molecule has 0 saturated heterocycles. The van der Waals surface area contributed by atoms with Gasteiger partial charge in [-0.15, -0.1) is 0 Å². The van der Waals surface area contributed by atoms with Gasteiger partial charge in [0, 0.05) is 0 Å². The molecule has 0 radical (unpaired) electrons. The molecule has 0 amide bonds. The molecule has 3 nitrogen and oxygen atoms in total. The Morgan fingerprint density at radius 1 is 1.29 bits per heavy atom. The van der Waals surface area contributed by atoms with Crippen LogP contribution in [0.4, 0.5) is 0 Å². The van der Waals surface area contributed by atoms with Crippen LogP contribution in [0.25, 0.3) is 0 Å². The highest BCUT2D eigenvalue weighted by Crippen LogP contribution is 2.02. The number of rotatable bonds is 9. The predicted molar refractivity (Wildman–Crippen MR) is 59.8 cm³/mol. The molecule has 0 aliphatic rings. The van der Waals surface area contributed by atoms with Gasteiger partial charge in [-0.25, -0.2) is 0 Å². The molecular formula is C11H23N3. The first-order valence-corrected chi connectivity index (χ1v) is 5.68. The fraction of sp³-hybridized carbons (Fsp3) is 0.909. The van der Waals surface area contributed by atoms with Crippen LogP contribution in [0.1, 0.15) is 45.4 Å². The van der Waals surface area contributed by atoms with Gasteiger partial charge < -0.3 is 11.1 Å². The Kier molecular flexibility index (Phi) is 10.0. The van der Waals surface area contributed by atoms with Crippen molar-refractivity contribution in [2.75, 3.05) is 13.1 Å². The molecule has 0 heterocycles. The molecule has 0 bridgehead atoms. The second-order valence-electron chi connectivity index (χ2n) is 3.63. The lowest BCUT2D eigenvalue weighted by atomic mass is 10.1. The molecule has 1 atom stereocenters. The van der Waals surface area contributed by atoms with Crippen LogP contribution in [-0.4, -0.2) is 19.1 Å². The smallest absolute Gasteiger partial charge is 0.0952 e. The molecular weight excluding hydrogens is 174 g/mol. The summed E-state index contributed by atoms with van der Waals surface area (Å²) in [5.74, 6) is 0. The predicted octanol–water partition coefficient (Wildman–Crippen LogP) is 1.79. The van der Waals surface area contributed by atoms with E-state index in [-0.39, 0.29) is 6.04 Å². The number of nitrogens with two attached hydrogens (primary N) is 1. The van der Waals surface area contributed by atoms with Crippen LogP contribution < -0.4 is 11.1 Å². The van der Waals surface area contributed by atoms with E-state index in [9.17, 15) is 0 Å². The lowest BCUT2D eigenvalue weighted by molar-refractivity contribution is 0.518. The molecule has 3 heteroatoms. The summed E-state index contributed by atoms with van der Waals surface area (Å²) in [5.41, 5.74) is 5.38. The Balaban J connectivity index is 3.35. The summed E-state index contributed by atoms with van der Waals surface area (Å²) >= 11 is 0. The maximum Gasteiger partial charge on any atom is 0.0952 e. The highest BCUT2D eigenvalue weighted by Gasteiger charge is 2.04. The Bertz CT molecular complexity index is 151. The molecule has 3 N–H and O–H groups in total. The zero-order chi connectivity index (χ0) is 10.6. The normalized spacial score (nSPS) is 12.4. The molecule has 0 fully saturated rings. The van der Waals surface area contributed by atoms with Crippen LogP contribution in [0.3, 0.4) is 0 Å². The molecule has 0 aromatic rings. The van der Waals surface area contributed by atoms with Crippen LogP contribution >= 0.6 is 0 Å². The van der Waals surface area contributed by atoms with Crippen LogP contribution in [0, 0.1) is 11.3 Å². The van der Waals surface area contributed by atoms with Crippen molar-refractivity contribution in [3.05, 3.63) is 0 Å². The SMILES string of the molecule is CCCCCC(C#N)NCCCCN. The fourth-order valence-electron chi connectivity index (χ4n) is 1.36. The summed E-state index contributed by atoms with van der Waals surface area (Å²) in [6.07, 6.45) is 6.68. The van der Waals surface area contributed by atoms with Crippen LogP contribution in [0.15, 0.2) is 0 Å². The largest absolute Gasteiger partial charge is 0.330 e. The van der Waals surface area contributed by atoms with Gasteiger partial charge in [-0.2, -0.15) is 5.26 Å². The van der Waals surface area contributed by atoms with Crippen molar-refractivity contribution in [3.8, 4) is 6.07 Å². The molecule has 0 aromatic carbocycles. The van der Waals surface area contributed by atoms with Crippen molar-refractivity contribution < 1.29 is 0 Å². The molecule has 0 spiro atoms. The van der Waals surface area contributed by atoms with Crippen molar-refractivity contribution in [2.24, 2.45) is 5.73 Å². The van der Waals surface area contributed by atoms with E-state index in [0.29, 0.717) is 0 Å².